The SMILES string of the molecule is Cl.N[C@@H](CCCCNC(=O)OCc1ccccc1)C(=O)NCC(=O)OCc1ccccc1. The lowest BCUT2D eigenvalue weighted by Gasteiger charge is -2.12. The molecule has 0 saturated heterocycles. The van der Waals surface area contributed by atoms with Gasteiger partial charge in [0.25, 0.3) is 0 Å². The van der Waals surface area contributed by atoms with Crippen LogP contribution in [0.2, 0.25) is 0 Å². The molecule has 4 N–H and O–H groups in total. The second-order valence-electron chi connectivity index (χ2n) is 6.95. The van der Waals surface area contributed by atoms with Crippen LogP contribution in [0.4, 0.5) is 4.79 Å². The van der Waals surface area contributed by atoms with Crippen molar-refractivity contribution in [3.8, 4) is 0 Å². The lowest BCUT2D eigenvalue weighted by molar-refractivity contribution is -0.145. The van der Waals surface area contributed by atoms with Gasteiger partial charge in [0, 0.05) is 6.54 Å². The van der Waals surface area contributed by atoms with E-state index in [4.69, 9.17) is 15.2 Å². The smallest absolute Gasteiger partial charge is 0.407 e. The molecule has 2 aromatic rings. The second kappa shape index (κ2) is 15.7. The highest BCUT2D eigenvalue weighted by atomic mass is 35.5. The number of unbranched alkanes of at least 4 members (excludes halogenated alkanes) is 1. The average Bonchev–Trinajstić information content (AvgIpc) is 2.80. The zero-order valence-corrected chi connectivity index (χ0v) is 18.6. The van der Waals surface area contributed by atoms with Gasteiger partial charge in [0.2, 0.25) is 5.91 Å². The van der Waals surface area contributed by atoms with Crippen LogP contribution in [0, 0.1) is 0 Å². The number of halogens is 1. The first-order chi connectivity index (χ1) is 15.0. The van der Waals surface area contributed by atoms with Gasteiger partial charge in [0.05, 0.1) is 6.04 Å². The number of hydrogen-bond acceptors (Lipinski definition) is 6. The third-order valence-corrected chi connectivity index (χ3v) is 4.41. The van der Waals surface area contributed by atoms with E-state index in [-0.39, 0.29) is 32.2 Å². The van der Waals surface area contributed by atoms with Crippen LogP contribution in [0.5, 0.6) is 0 Å². The number of ether oxygens (including phenoxy) is 2. The molecule has 0 heterocycles. The van der Waals surface area contributed by atoms with E-state index in [1.54, 1.807) is 0 Å². The maximum absolute atomic E-state index is 12.0. The Morgan fingerprint density at radius 3 is 1.97 bits per heavy atom. The van der Waals surface area contributed by atoms with Crippen molar-refractivity contribution in [2.75, 3.05) is 13.1 Å². The van der Waals surface area contributed by atoms with Gasteiger partial charge >= 0.3 is 12.1 Å². The van der Waals surface area contributed by atoms with Crippen molar-refractivity contribution in [3.63, 3.8) is 0 Å². The molecule has 0 bridgehead atoms. The Hall–Kier alpha value is -3.10. The molecule has 0 aromatic heterocycles. The topological polar surface area (TPSA) is 120 Å². The van der Waals surface area contributed by atoms with Crippen molar-refractivity contribution in [1.29, 1.82) is 0 Å². The standard InChI is InChI=1S/C23H29N3O5.ClH/c24-20(22(28)26-15-21(27)30-16-18-9-3-1-4-10-18)13-7-8-14-25-23(29)31-17-19-11-5-2-6-12-19;/h1-6,9-12,20H,7-8,13-17,24H2,(H,25,29)(H,26,28);1H/t20-;/m0./s1. The molecule has 9 heteroatoms. The van der Waals surface area contributed by atoms with Crippen LogP contribution in [0.15, 0.2) is 60.7 Å². The normalized spacial score (nSPS) is 10.9. The van der Waals surface area contributed by atoms with Gasteiger partial charge < -0.3 is 25.8 Å². The van der Waals surface area contributed by atoms with E-state index in [0.717, 1.165) is 11.1 Å². The van der Waals surface area contributed by atoms with Crippen LogP contribution in [0.3, 0.4) is 0 Å². The highest BCUT2D eigenvalue weighted by molar-refractivity contribution is 5.85. The van der Waals surface area contributed by atoms with Gasteiger partial charge in [-0.2, -0.15) is 0 Å². The molecule has 0 radical (unpaired) electrons. The zero-order chi connectivity index (χ0) is 22.3. The van der Waals surface area contributed by atoms with Crippen molar-refractivity contribution in [1.82, 2.24) is 10.6 Å². The first-order valence-corrected chi connectivity index (χ1v) is 10.2. The molecule has 0 aliphatic carbocycles. The van der Waals surface area contributed by atoms with Crippen LogP contribution in [-0.4, -0.2) is 37.1 Å². The van der Waals surface area contributed by atoms with Crippen LogP contribution < -0.4 is 16.4 Å². The number of carbonyl (C=O) groups excluding carboxylic acids is 3. The summed E-state index contributed by atoms with van der Waals surface area (Å²) < 4.78 is 10.2. The summed E-state index contributed by atoms with van der Waals surface area (Å²) in [5, 5.41) is 5.14. The van der Waals surface area contributed by atoms with Crippen LogP contribution in [-0.2, 0) is 32.3 Å². The van der Waals surface area contributed by atoms with Gasteiger partial charge in [-0.05, 0) is 30.4 Å². The van der Waals surface area contributed by atoms with Crippen molar-refractivity contribution >= 4 is 30.4 Å². The van der Waals surface area contributed by atoms with Crippen LogP contribution in [0.25, 0.3) is 0 Å². The van der Waals surface area contributed by atoms with Crippen LogP contribution >= 0.6 is 12.4 Å². The molecule has 0 fully saturated rings. The van der Waals surface area contributed by atoms with E-state index in [2.05, 4.69) is 10.6 Å². The van der Waals surface area contributed by atoms with Gasteiger partial charge in [-0.15, -0.1) is 12.4 Å². The maximum atomic E-state index is 12.0. The van der Waals surface area contributed by atoms with E-state index in [0.29, 0.717) is 25.8 Å². The van der Waals surface area contributed by atoms with E-state index >= 15 is 0 Å². The number of nitrogens with one attached hydrogen (secondary N) is 2. The molecule has 0 unspecified atom stereocenters. The minimum Gasteiger partial charge on any atom is -0.460 e. The number of amides is 2. The zero-order valence-electron chi connectivity index (χ0n) is 17.8. The fourth-order valence-electron chi connectivity index (χ4n) is 2.66. The molecule has 0 aliphatic heterocycles. The van der Waals surface area contributed by atoms with Crippen LogP contribution in [0.1, 0.15) is 30.4 Å². The Kier molecular flexibility index (Phi) is 13.2. The summed E-state index contributed by atoms with van der Waals surface area (Å²) >= 11 is 0. The highest BCUT2D eigenvalue weighted by Gasteiger charge is 2.14. The first kappa shape index (κ1) is 26.9. The Morgan fingerprint density at radius 1 is 0.812 bits per heavy atom. The van der Waals surface area contributed by atoms with E-state index in [1.807, 2.05) is 60.7 Å². The quantitative estimate of drug-likeness (QED) is 0.329. The molecular weight excluding hydrogens is 434 g/mol. The predicted octanol–water partition coefficient (Wildman–Crippen LogP) is 2.69. The number of carbonyl (C=O) groups is 3. The lowest BCUT2D eigenvalue weighted by Crippen LogP contribution is -2.42. The molecule has 8 nitrogen and oxygen atoms in total. The Labute approximate surface area is 194 Å². The highest BCUT2D eigenvalue weighted by Crippen LogP contribution is 2.02. The molecule has 32 heavy (non-hydrogen) atoms. The van der Waals surface area contributed by atoms with Gasteiger partial charge in [-0.1, -0.05) is 60.7 Å². The molecule has 0 spiro atoms. The molecule has 2 rings (SSSR count). The molecule has 0 aliphatic rings. The number of rotatable bonds is 12. The summed E-state index contributed by atoms with van der Waals surface area (Å²) in [5.74, 6) is -0.936. The second-order valence-corrected chi connectivity index (χ2v) is 6.95. The molecular formula is C23H30ClN3O5. The minimum absolute atomic E-state index is 0. The number of esters is 1. The Balaban J connectivity index is 0.00000512. The maximum Gasteiger partial charge on any atom is 0.407 e. The first-order valence-electron chi connectivity index (χ1n) is 10.2. The number of benzene rings is 2. The van der Waals surface area contributed by atoms with Gasteiger partial charge in [0.15, 0.2) is 0 Å². The van der Waals surface area contributed by atoms with Crippen molar-refractivity contribution in [3.05, 3.63) is 71.8 Å². The molecule has 1 atom stereocenters. The van der Waals surface area contributed by atoms with Crippen molar-refractivity contribution < 1.29 is 23.9 Å². The average molecular weight is 464 g/mol. The third kappa shape index (κ3) is 11.3. The molecule has 2 amide bonds. The largest absolute Gasteiger partial charge is 0.460 e. The van der Waals surface area contributed by atoms with Gasteiger partial charge in [0.1, 0.15) is 19.8 Å². The lowest BCUT2D eigenvalue weighted by atomic mass is 10.1. The summed E-state index contributed by atoms with van der Waals surface area (Å²) in [6.07, 6.45) is 1.25. The molecule has 0 saturated carbocycles. The number of nitrogens with two attached hydrogens (primary N) is 1. The van der Waals surface area contributed by atoms with Gasteiger partial charge in [-0.3, -0.25) is 9.59 Å². The Bertz CT molecular complexity index is 821. The van der Waals surface area contributed by atoms with Crippen molar-refractivity contribution in [2.45, 2.75) is 38.5 Å². The van der Waals surface area contributed by atoms with Gasteiger partial charge in [-0.25, -0.2) is 4.79 Å². The summed E-state index contributed by atoms with van der Waals surface area (Å²) in [7, 11) is 0. The summed E-state index contributed by atoms with van der Waals surface area (Å²) in [6, 6.07) is 18.0. The third-order valence-electron chi connectivity index (χ3n) is 4.41. The predicted molar refractivity (Wildman–Crippen MR) is 123 cm³/mol. The summed E-state index contributed by atoms with van der Waals surface area (Å²) in [4.78, 5) is 35.3. The fraction of sp³-hybridized carbons (Fsp3) is 0.348. The van der Waals surface area contributed by atoms with E-state index in [1.165, 1.54) is 0 Å². The van der Waals surface area contributed by atoms with Crippen molar-refractivity contribution in [2.24, 2.45) is 5.73 Å². The summed E-state index contributed by atoms with van der Waals surface area (Å²) in [5.41, 5.74) is 7.63. The summed E-state index contributed by atoms with van der Waals surface area (Å²) in [6.45, 7) is 0.565. The van der Waals surface area contributed by atoms with E-state index < -0.39 is 24.0 Å². The van der Waals surface area contributed by atoms with E-state index in [9.17, 15) is 14.4 Å². The molecule has 2 aromatic carbocycles. The number of alkyl carbamates (subject to hydrolysis) is 1. The Morgan fingerprint density at radius 2 is 1.38 bits per heavy atom. The minimum atomic E-state index is -0.730. The number of hydrogen-bond donors (Lipinski definition) is 3. The fourth-order valence-corrected chi connectivity index (χ4v) is 2.66. The molecule has 174 valence electrons. The monoisotopic (exact) mass is 463 g/mol.